The first kappa shape index (κ1) is 12.8. The summed E-state index contributed by atoms with van der Waals surface area (Å²) in [4.78, 5) is 0. The van der Waals surface area contributed by atoms with Gasteiger partial charge in [0.05, 0.1) is 7.11 Å². The fourth-order valence-corrected chi connectivity index (χ4v) is 3.47. The Kier molecular flexibility index (Phi) is 4.35. The number of hydrogen-bond acceptors (Lipinski definition) is 3. The van der Waals surface area contributed by atoms with E-state index in [2.05, 4.69) is 24.5 Å². The van der Waals surface area contributed by atoms with E-state index in [1.165, 1.54) is 24.0 Å². The monoisotopic (exact) mass is 252 g/mol. The number of fused-ring (bicyclic) bond motifs is 1. The number of methoxy groups -OCH3 is 2. The van der Waals surface area contributed by atoms with Crippen molar-refractivity contribution in [2.45, 2.75) is 30.6 Å². The lowest BCUT2D eigenvalue weighted by Crippen LogP contribution is -2.22. The van der Waals surface area contributed by atoms with E-state index in [9.17, 15) is 0 Å². The van der Waals surface area contributed by atoms with Crippen molar-refractivity contribution in [2.75, 3.05) is 20.5 Å². The third-order valence-corrected chi connectivity index (χ3v) is 4.49. The van der Waals surface area contributed by atoms with Gasteiger partial charge in [-0.25, -0.2) is 0 Å². The van der Waals surface area contributed by atoms with Crippen molar-refractivity contribution in [3.8, 4) is 5.75 Å². The second-order valence-electron chi connectivity index (χ2n) is 4.40. The second-order valence-corrected chi connectivity index (χ2v) is 5.34. The van der Waals surface area contributed by atoms with Crippen LogP contribution in [0.4, 0.5) is 0 Å². The fourth-order valence-electron chi connectivity index (χ4n) is 2.66. The van der Waals surface area contributed by atoms with Crippen molar-refractivity contribution in [3.63, 3.8) is 0 Å². The van der Waals surface area contributed by atoms with Gasteiger partial charge in [-0.1, -0.05) is 6.07 Å². The highest BCUT2D eigenvalue weighted by atomic mass is 32.2. The molecule has 2 nitrogen and oxygen atoms in total. The molecule has 2 unspecified atom stereocenters. The summed E-state index contributed by atoms with van der Waals surface area (Å²) in [6.07, 6.45) is 5.74. The van der Waals surface area contributed by atoms with Gasteiger partial charge in [0, 0.05) is 13.0 Å². The zero-order valence-electron chi connectivity index (χ0n) is 10.7. The van der Waals surface area contributed by atoms with E-state index in [-0.39, 0.29) is 5.44 Å². The maximum absolute atomic E-state index is 5.58. The van der Waals surface area contributed by atoms with Gasteiger partial charge in [-0.3, -0.25) is 0 Å². The Balaban J connectivity index is 2.31. The van der Waals surface area contributed by atoms with Gasteiger partial charge in [0.2, 0.25) is 0 Å². The summed E-state index contributed by atoms with van der Waals surface area (Å²) in [6.45, 7) is 0. The third kappa shape index (κ3) is 2.61. The molecule has 17 heavy (non-hydrogen) atoms. The van der Waals surface area contributed by atoms with Gasteiger partial charge < -0.3 is 9.47 Å². The highest BCUT2D eigenvalue weighted by Gasteiger charge is 2.27. The number of benzene rings is 1. The average molecular weight is 252 g/mol. The molecule has 1 aliphatic carbocycles. The van der Waals surface area contributed by atoms with E-state index in [0.29, 0.717) is 5.92 Å². The quantitative estimate of drug-likeness (QED) is 0.765. The van der Waals surface area contributed by atoms with Gasteiger partial charge >= 0.3 is 0 Å². The summed E-state index contributed by atoms with van der Waals surface area (Å²) < 4.78 is 10.9. The molecule has 0 spiro atoms. The SMILES string of the molecule is COc1ccc2c(c1)CCCC2C(OC)SC. The largest absolute Gasteiger partial charge is 0.497 e. The predicted octanol–water partition coefficient (Wildman–Crippen LogP) is 3.45. The molecule has 0 fully saturated rings. The van der Waals surface area contributed by atoms with Crippen molar-refractivity contribution in [1.29, 1.82) is 0 Å². The van der Waals surface area contributed by atoms with Crippen molar-refractivity contribution in [2.24, 2.45) is 0 Å². The minimum Gasteiger partial charge on any atom is -0.497 e. The van der Waals surface area contributed by atoms with Crippen molar-refractivity contribution in [1.82, 2.24) is 0 Å². The Morgan fingerprint density at radius 3 is 2.82 bits per heavy atom. The smallest absolute Gasteiger partial charge is 0.119 e. The summed E-state index contributed by atoms with van der Waals surface area (Å²) in [7, 11) is 3.53. The van der Waals surface area contributed by atoms with Crippen LogP contribution in [0.2, 0.25) is 0 Å². The lowest BCUT2D eigenvalue weighted by atomic mass is 9.83. The predicted molar refractivity (Wildman–Crippen MR) is 73.0 cm³/mol. The van der Waals surface area contributed by atoms with Crippen LogP contribution < -0.4 is 4.74 Å². The lowest BCUT2D eigenvalue weighted by molar-refractivity contribution is 0.143. The van der Waals surface area contributed by atoms with Crippen LogP contribution in [0.1, 0.15) is 29.9 Å². The van der Waals surface area contributed by atoms with Crippen LogP contribution in [0.25, 0.3) is 0 Å². The van der Waals surface area contributed by atoms with Crippen LogP contribution in [0.3, 0.4) is 0 Å². The van der Waals surface area contributed by atoms with E-state index in [4.69, 9.17) is 9.47 Å². The Morgan fingerprint density at radius 2 is 2.18 bits per heavy atom. The maximum atomic E-state index is 5.58. The normalized spacial score (nSPS) is 20.8. The first-order chi connectivity index (χ1) is 8.30. The van der Waals surface area contributed by atoms with E-state index in [0.717, 1.165) is 12.2 Å². The molecule has 0 saturated heterocycles. The van der Waals surface area contributed by atoms with Gasteiger partial charge in [0.15, 0.2) is 0 Å². The average Bonchev–Trinajstić information content (AvgIpc) is 2.39. The van der Waals surface area contributed by atoms with Crippen LogP contribution in [0.15, 0.2) is 18.2 Å². The van der Waals surface area contributed by atoms with Crippen LogP contribution in [0, 0.1) is 0 Å². The van der Waals surface area contributed by atoms with Crippen LogP contribution in [-0.2, 0) is 11.2 Å². The van der Waals surface area contributed by atoms with E-state index in [1.54, 1.807) is 26.0 Å². The van der Waals surface area contributed by atoms with Gasteiger partial charge in [0.1, 0.15) is 11.2 Å². The molecule has 0 heterocycles. The summed E-state index contributed by atoms with van der Waals surface area (Å²) in [5.74, 6) is 1.48. The van der Waals surface area contributed by atoms with Crippen molar-refractivity contribution in [3.05, 3.63) is 29.3 Å². The minimum absolute atomic E-state index is 0.266. The first-order valence-electron chi connectivity index (χ1n) is 6.02. The number of rotatable bonds is 4. The molecule has 0 aromatic heterocycles. The molecule has 0 aliphatic heterocycles. The molecule has 0 amide bonds. The number of thioether (sulfide) groups is 1. The van der Waals surface area contributed by atoms with Gasteiger partial charge in [-0.15, -0.1) is 11.8 Å². The zero-order chi connectivity index (χ0) is 12.3. The molecule has 1 aliphatic rings. The summed E-state index contributed by atoms with van der Waals surface area (Å²) in [6, 6.07) is 6.44. The molecule has 94 valence electrons. The van der Waals surface area contributed by atoms with Crippen LogP contribution in [0.5, 0.6) is 5.75 Å². The molecule has 2 atom stereocenters. The number of aryl methyl sites for hydroxylation is 1. The topological polar surface area (TPSA) is 18.5 Å². The Labute approximate surface area is 108 Å². The summed E-state index contributed by atoms with van der Waals surface area (Å²) >= 11 is 1.80. The Morgan fingerprint density at radius 1 is 1.35 bits per heavy atom. The van der Waals surface area contributed by atoms with Crippen LogP contribution >= 0.6 is 11.8 Å². The molecule has 2 rings (SSSR count). The highest BCUT2D eigenvalue weighted by Crippen LogP contribution is 2.39. The second kappa shape index (κ2) is 5.78. The molecular weight excluding hydrogens is 232 g/mol. The van der Waals surface area contributed by atoms with Gasteiger partial charge in [-0.05, 0) is 48.8 Å². The van der Waals surface area contributed by atoms with Crippen molar-refractivity contribution >= 4 is 11.8 Å². The van der Waals surface area contributed by atoms with Crippen LogP contribution in [-0.4, -0.2) is 25.9 Å². The lowest BCUT2D eigenvalue weighted by Gasteiger charge is -2.30. The van der Waals surface area contributed by atoms with Gasteiger partial charge in [0.25, 0.3) is 0 Å². The molecule has 1 aromatic carbocycles. The maximum Gasteiger partial charge on any atom is 0.119 e. The Hall–Kier alpha value is -0.670. The molecule has 0 radical (unpaired) electrons. The molecule has 0 saturated carbocycles. The van der Waals surface area contributed by atoms with E-state index < -0.39 is 0 Å². The van der Waals surface area contributed by atoms with Crippen molar-refractivity contribution < 1.29 is 9.47 Å². The highest BCUT2D eigenvalue weighted by molar-refractivity contribution is 7.99. The number of ether oxygens (including phenoxy) is 2. The molecular formula is C14H20O2S. The Bertz CT molecular complexity index is 374. The van der Waals surface area contributed by atoms with Gasteiger partial charge in [-0.2, -0.15) is 0 Å². The van der Waals surface area contributed by atoms with E-state index >= 15 is 0 Å². The molecule has 3 heteroatoms. The fraction of sp³-hybridized carbons (Fsp3) is 0.571. The zero-order valence-corrected chi connectivity index (χ0v) is 11.5. The molecule has 1 aromatic rings. The summed E-state index contributed by atoms with van der Waals surface area (Å²) in [5, 5.41) is 0. The first-order valence-corrected chi connectivity index (χ1v) is 7.31. The number of hydrogen-bond donors (Lipinski definition) is 0. The third-order valence-electron chi connectivity index (χ3n) is 3.50. The summed E-state index contributed by atoms with van der Waals surface area (Å²) in [5.41, 5.74) is 3.14. The molecule has 0 N–H and O–H groups in total. The van der Waals surface area contributed by atoms with E-state index in [1.807, 2.05) is 0 Å². The standard InChI is InChI=1S/C14H20O2S/c1-15-11-7-8-12-10(9-11)5-4-6-13(12)14(16-2)17-3/h7-9,13-14H,4-6H2,1-3H3. The molecule has 0 bridgehead atoms. The minimum atomic E-state index is 0.266.